The van der Waals surface area contributed by atoms with E-state index in [2.05, 4.69) is 0 Å². The lowest BCUT2D eigenvalue weighted by Gasteiger charge is -2.16. The van der Waals surface area contributed by atoms with Crippen LogP contribution in [0.1, 0.15) is 11.1 Å². The molecular formula is C16H10Cl2F6N4O2. The average Bonchev–Trinajstić information content (AvgIpc) is 2.61. The first-order valence-corrected chi connectivity index (χ1v) is 8.40. The predicted molar refractivity (Wildman–Crippen MR) is 97.2 cm³/mol. The van der Waals surface area contributed by atoms with Gasteiger partial charge in [0.2, 0.25) is 0 Å². The van der Waals surface area contributed by atoms with Crippen LogP contribution in [0.5, 0.6) is 0 Å². The van der Waals surface area contributed by atoms with Gasteiger partial charge in [0.1, 0.15) is 0 Å². The van der Waals surface area contributed by atoms with Crippen LogP contribution in [0.2, 0.25) is 10.0 Å². The third-order valence-corrected chi connectivity index (χ3v) is 3.83. The second kappa shape index (κ2) is 8.88. The summed E-state index contributed by atoms with van der Waals surface area (Å²) in [6.45, 7) is 0. The number of halogens is 8. The summed E-state index contributed by atoms with van der Waals surface area (Å²) in [5.41, 5.74) is -0.428. The average molecular weight is 475 g/mol. The third-order valence-electron chi connectivity index (χ3n) is 3.36. The van der Waals surface area contributed by atoms with Crippen LogP contribution in [-0.2, 0) is 12.4 Å². The molecule has 0 saturated carbocycles. The largest absolute Gasteiger partial charge is 0.418 e. The molecule has 0 aliphatic heterocycles. The van der Waals surface area contributed by atoms with Crippen LogP contribution >= 0.6 is 23.2 Å². The molecular weight excluding hydrogens is 465 g/mol. The first-order chi connectivity index (χ1) is 13.8. The van der Waals surface area contributed by atoms with E-state index in [-0.39, 0.29) is 10.0 Å². The Hall–Kier alpha value is -2.86. The molecule has 0 heterocycles. The highest BCUT2D eigenvalue weighted by molar-refractivity contribution is 6.31. The summed E-state index contributed by atoms with van der Waals surface area (Å²) < 4.78 is 77.9. The van der Waals surface area contributed by atoms with Crippen molar-refractivity contribution in [3.05, 3.63) is 57.6 Å². The molecule has 4 amide bonds. The van der Waals surface area contributed by atoms with Gasteiger partial charge in [-0.1, -0.05) is 23.2 Å². The smallest absolute Gasteiger partial charge is 0.306 e. The standard InChI is InChI=1S/C16H10Cl2F6N4O2/c17-7-1-3-11(9(5-7)15(19,20)21)25-13(29)27-28-14(30)26-12-4-2-8(18)6-10(12)16(22,23)24/h1-6H,(H2,25,27,29)(H2,26,28,30). The maximum absolute atomic E-state index is 13.0. The number of hydrogen-bond acceptors (Lipinski definition) is 2. The molecule has 2 rings (SSSR count). The fourth-order valence-electron chi connectivity index (χ4n) is 2.14. The zero-order chi connectivity index (χ0) is 22.7. The van der Waals surface area contributed by atoms with Gasteiger partial charge < -0.3 is 10.6 Å². The number of carbonyl (C=O) groups is 2. The minimum absolute atomic E-state index is 0.228. The molecule has 4 N–H and O–H groups in total. The van der Waals surface area contributed by atoms with Crippen molar-refractivity contribution >= 4 is 46.6 Å². The van der Waals surface area contributed by atoms with E-state index in [1.807, 2.05) is 10.6 Å². The first kappa shape index (κ1) is 23.4. The van der Waals surface area contributed by atoms with Gasteiger partial charge in [0.05, 0.1) is 22.5 Å². The molecule has 0 bridgehead atoms. The molecule has 0 atom stereocenters. The fourth-order valence-corrected chi connectivity index (χ4v) is 2.48. The van der Waals surface area contributed by atoms with E-state index in [1.165, 1.54) is 0 Å². The summed E-state index contributed by atoms with van der Waals surface area (Å²) in [5, 5.41) is 3.22. The Morgan fingerprint density at radius 1 is 0.667 bits per heavy atom. The summed E-state index contributed by atoms with van der Waals surface area (Å²) in [6.07, 6.45) is -9.66. The highest BCUT2D eigenvalue weighted by Crippen LogP contribution is 2.37. The Balaban J connectivity index is 2.03. The van der Waals surface area contributed by atoms with Crippen LogP contribution < -0.4 is 21.5 Å². The lowest BCUT2D eigenvalue weighted by molar-refractivity contribution is -0.137. The molecule has 0 fully saturated rings. The van der Waals surface area contributed by atoms with Gasteiger partial charge in [-0.2, -0.15) is 26.3 Å². The molecule has 30 heavy (non-hydrogen) atoms. The van der Waals surface area contributed by atoms with Gasteiger partial charge in [-0.3, -0.25) is 0 Å². The number of hydrazine groups is 1. The second-order valence-corrected chi connectivity index (χ2v) is 6.41. The quantitative estimate of drug-likeness (QED) is 0.323. The SMILES string of the molecule is O=C(NNC(=O)Nc1ccc(Cl)cc1C(F)(F)F)Nc1ccc(Cl)cc1C(F)(F)F. The zero-order valence-corrected chi connectivity index (χ0v) is 15.8. The summed E-state index contributed by atoms with van der Waals surface area (Å²) in [6, 6.07) is 2.50. The van der Waals surface area contributed by atoms with Gasteiger partial charge in [0, 0.05) is 10.0 Å². The van der Waals surface area contributed by atoms with Crippen LogP contribution in [-0.4, -0.2) is 12.1 Å². The van der Waals surface area contributed by atoms with Crippen molar-refractivity contribution in [1.29, 1.82) is 0 Å². The summed E-state index contributed by atoms with van der Waals surface area (Å²) >= 11 is 11.0. The van der Waals surface area contributed by atoms with Gasteiger partial charge in [-0.25, -0.2) is 20.4 Å². The van der Waals surface area contributed by atoms with Gasteiger partial charge in [0.15, 0.2) is 0 Å². The number of carbonyl (C=O) groups excluding carboxylic acids is 2. The molecule has 2 aromatic rings. The monoisotopic (exact) mass is 474 g/mol. The van der Waals surface area contributed by atoms with Crippen LogP contribution in [0.4, 0.5) is 47.3 Å². The number of benzene rings is 2. The molecule has 0 radical (unpaired) electrons. The van der Waals surface area contributed by atoms with E-state index in [4.69, 9.17) is 23.2 Å². The van der Waals surface area contributed by atoms with Gasteiger partial charge in [-0.15, -0.1) is 0 Å². The van der Waals surface area contributed by atoms with E-state index < -0.39 is 46.9 Å². The van der Waals surface area contributed by atoms with Gasteiger partial charge >= 0.3 is 24.4 Å². The molecule has 0 aliphatic rings. The second-order valence-electron chi connectivity index (χ2n) is 5.53. The Bertz CT molecular complexity index is 888. The van der Waals surface area contributed by atoms with Gasteiger partial charge in [-0.05, 0) is 36.4 Å². The maximum atomic E-state index is 13.0. The number of rotatable bonds is 2. The number of hydrogen-bond donors (Lipinski definition) is 4. The van der Waals surface area contributed by atoms with E-state index in [0.29, 0.717) is 12.1 Å². The lowest BCUT2D eigenvalue weighted by Crippen LogP contribution is -2.46. The van der Waals surface area contributed by atoms with Crippen molar-refractivity contribution in [1.82, 2.24) is 10.9 Å². The van der Waals surface area contributed by atoms with Crippen molar-refractivity contribution in [2.45, 2.75) is 12.4 Å². The molecule has 0 saturated heterocycles. The number of urea groups is 2. The van der Waals surface area contributed by atoms with Crippen molar-refractivity contribution in [2.75, 3.05) is 10.6 Å². The fraction of sp³-hybridized carbons (Fsp3) is 0.125. The Morgan fingerprint density at radius 2 is 1.00 bits per heavy atom. The summed E-state index contributed by atoms with van der Waals surface area (Å²) in [7, 11) is 0. The van der Waals surface area contributed by atoms with E-state index in [0.717, 1.165) is 24.3 Å². The lowest BCUT2D eigenvalue weighted by atomic mass is 10.1. The Morgan fingerprint density at radius 3 is 1.30 bits per heavy atom. The minimum atomic E-state index is -4.83. The number of anilines is 2. The number of nitrogens with one attached hydrogen (secondary N) is 4. The van der Waals surface area contributed by atoms with E-state index >= 15 is 0 Å². The van der Waals surface area contributed by atoms with Crippen LogP contribution in [0, 0.1) is 0 Å². The number of amides is 4. The van der Waals surface area contributed by atoms with Crippen LogP contribution in [0.25, 0.3) is 0 Å². The summed E-state index contributed by atoms with van der Waals surface area (Å²) in [5.74, 6) is 0. The summed E-state index contributed by atoms with van der Waals surface area (Å²) in [4.78, 5) is 23.5. The molecule has 0 aromatic heterocycles. The highest BCUT2D eigenvalue weighted by atomic mass is 35.5. The molecule has 6 nitrogen and oxygen atoms in total. The normalized spacial score (nSPS) is 11.6. The predicted octanol–water partition coefficient (Wildman–Crippen LogP) is 5.89. The molecule has 162 valence electrons. The van der Waals surface area contributed by atoms with E-state index in [9.17, 15) is 35.9 Å². The molecule has 0 aliphatic carbocycles. The van der Waals surface area contributed by atoms with Gasteiger partial charge in [0.25, 0.3) is 0 Å². The molecule has 14 heteroatoms. The number of alkyl halides is 6. The minimum Gasteiger partial charge on any atom is -0.306 e. The van der Waals surface area contributed by atoms with Crippen molar-refractivity contribution < 1.29 is 35.9 Å². The Labute approximate surface area is 174 Å². The first-order valence-electron chi connectivity index (χ1n) is 7.65. The third kappa shape index (κ3) is 6.32. The topological polar surface area (TPSA) is 82.3 Å². The van der Waals surface area contributed by atoms with Crippen LogP contribution in [0.15, 0.2) is 36.4 Å². The van der Waals surface area contributed by atoms with Crippen molar-refractivity contribution in [3.63, 3.8) is 0 Å². The maximum Gasteiger partial charge on any atom is 0.418 e. The molecule has 0 unspecified atom stereocenters. The molecule has 0 spiro atoms. The highest BCUT2D eigenvalue weighted by Gasteiger charge is 2.35. The van der Waals surface area contributed by atoms with Crippen molar-refractivity contribution in [2.24, 2.45) is 0 Å². The Kier molecular flexibility index (Phi) is 6.93. The zero-order valence-electron chi connectivity index (χ0n) is 14.3. The van der Waals surface area contributed by atoms with Crippen LogP contribution in [0.3, 0.4) is 0 Å². The molecule has 2 aromatic carbocycles. The van der Waals surface area contributed by atoms with E-state index in [1.54, 1.807) is 10.9 Å². The van der Waals surface area contributed by atoms with Crippen molar-refractivity contribution in [3.8, 4) is 0 Å².